The van der Waals surface area contributed by atoms with Crippen LogP contribution in [0, 0.1) is 5.92 Å². The van der Waals surface area contributed by atoms with E-state index in [1.165, 1.54) is 16.7 Å². The van der Waals surface area contributed by atoms with Crippen LogP contribution in [0.1, 0.15) is 31.9 Å². The van der Waals surface area contributed by atoms with Crippen molar-refractivity contribution in [2.45, 2.75) is 33.6 Å². The Morgan fingerprint density at radius 3 is 2.39 bits per heavy atom. The number of nitrogens with zero attached hydrogens (tertiary/aromatic N) is 1. The standard InChI is InChI=1S/C17H21N/c1-4-14-11-17(15-8-6-5-7-9-15)18-12-16(14)10-13(2)3/h5-9,11-13H,4,10H2,1-3H3. The minimum atomic E-state index is 0.680. The third kappa shape index (κ3) is 2.98. The van der Waals surface area contributed by atoms with Crippen molar-refractivity contribution in [2.75, 3.05) is 0 Å². The largest absolute Gasteiger partial charge is 0.256 e. The summed E-state index contributed by atoms with van der Waals surface area (Å²) in [5, 5.41) is 0. The molecule has 1 heterocycles. The first-order valence-corrected chi connectivity index (χ1v) is 6.74. The highest BCUT2D eigenvalue weighted by Gasteiger charge is 2.07. The Kier molecular flexibility index (Phi) is 4.14. The highest BCUT2D eigenvalue weighted by Crippen LogP contribution is 2.21. The van der Waals surface area contributed by atoms with Gasteiger partial charge in [0.25, 0.3) is 0 Å². The van der Waals surface area contributed by atoms with Gasteiger partial charge in [0.2, 0.25) is 0 Å². The average molecular weight is 239 g/mol. The summed E-state index contributed by atoms with van der Waals surface area (Å²) in [6.45, 7) is 6.73. The Hall–Kier alpha value is -1.63. The van der Waals surface area contributed by atoms with E-state index in [2.05, 4.69) is 62.3 Å². The van der Waals surface area contributed by atoms with Crippen LogP contribution in [-0.4, -0.2) is 4.98 Å². The second kappa shape index (κ2) is 5.81. The number of aryl methyl sites for hydroxylation is 1. The lowest BCUT2D eigenvalue weighted by Crippen LogP contribution is -2.00. The lowest BCUT2D eigenvalue weighted by Gasteiger charge is -2.11. The maximum atomic E-state index is 4.61. The van der Waals surface area contributed by atoms with Crippen molar-refractivity contribution in [2.24, 2.45) is 5.92 Å². The highest BCUT2D eigenvalue weighted by atomic mass is 14.7. The number of benzene rings is 1. The molecule has 0 aliphatic rings. The molecule has 94 valence electrons. The zero-order valence-electron chi connectivity index (χ0n) is 11.5. The van der Waals surface area contributed by atoms with Crippen molar-refractivity contribution >= 4 is 0 Å². The van der Waals surface area contributed by atoms with E-state index in [0.717, 1.165) is 18.5 Å². The predicted octanol–water partition coefficient (Wildman–Crippen LogP) is 4.51. The zero-order chi connectivity index (χ0) is 13.0. The Labute approximate surface area is 110 Å². The van der Waals surface area contributed by atoms with Gasteiger partial charge in [0.05, 0.1) is 5.69 Å². The van der Waals surface area contributed by atoms with Crippen LogP contribution >= 0.6 is 0 Å². The minimum absolute atomic E-state index is 0.680. The van der Waals surface area contributed by atoms with Crippen LogP contribution in [-0.2, 0) is 12.8 Å². The molecule has 0 unspecified atom stereocenters. The van der Waals surface area contributed by atoms with Crippen molar-refractivity contribution in [1.29, 1.82) is 0 Å². The summed E-state index contributed by atoms with van der Waals surface area (Å²) in [4.78, 5) is 4.61. The summed E-state index contributed by atoms with van der Waals surface area (Å²) in [5.74, 6) is 0.680. The first-order chi connectivity index (χ1) is 8.70. The average Bonchev–Trinajstić information content (AvgIpc) is 2.39. The summed E-state index contributed by atoms with van der Waals surface area (Å²) in [7, 11) is 0. The van der Waals surface area contributed by atoms with Gasteiger partial charge in [-0.2, -0.15) is 0 Å². The van der Waals surface area contributed by atoms with Gasteiger partial charge in [-0.15, -0.1) is 0 Å². The van der Waals surface area contributed by atoms with Crippen molar-refractivity contribution in [3.05, 3.63) is 53.7 Å². The quantitative estimate of drug-likeness (QED) is 0.765. The van der Waals surface area contributed by atoms with Gasteiger partial charge in [-0.1, -0.05) is 51.1 Å². The van der Waals surface area contributed by atoms with Gasteiger partial charge in [-0.05, 0) is 36.0 Å². The summed E-state index contributed by atoms with van der Waals surface area (Å²) in [5.41, 5.74) is 5.10. The molecular weight excluding hydrogens is 218 g/mol. The van der Waals surface area contributed by atoms with E-state index in [1.54, 1.807) is 0 Å². The molecule has 0 aliphatic heterocycles. The Morgan fingerprint density at radius 2 is 1.78 bits per heavy atom. The molecule has 0 N–H and O–H groups in total. The second-order valence-electron chi connectivity index (χ2n) is 5.16. The summed E-state index contributed by atoms with van der Waals surface area (Å²) < 4.78 is 0. The van der Waals surface area contributed by atoms with E-state index in [-0.39, 0.29) is 0 Å². The Morgan fingerprint density at radius 1 is 1.06 bits per heavy atom. The first-order valence-electron chi connectivity index (χ1n) is 6.74. The van der Waals surface area contributed by atoms with Crippen molar-refractivity contribution < 1.29 is 0 Å². The topological polar surface area (TPSA) is 12.9 Å². The monoisotopic (exact) mass is 239 g/mol. The van der Waals surface area contributed by atoms with E-state index in [0.29, 0.717) is 5.92 Å². The van der Waals surface area contributed by atoms with Crippen LogP contribution in [0.5, 0.6) is 0 Å². The normalized spacial score (nSPS) is 10.9. The number of hydrogen-bond donors (Lipinski definition) is 0. The lowest BCUT2D eigenvalue weighted by molar-refractivity contribution is 0.641. The molecule has 18 heavy (non-hydrogen) atoms. The number of rotatable bonds is 4. The van der Waals surface area contributed by atoms with Gasteiger partial charge in [0, 0.05) is 11.8 Å². The van der Waals surface area contributed by atoms with Crippen molar-refractivity contribution in [3.63, 3.8) is 0 Å². The molecule has 0 spiro atoms. The minimum Gasteiger partial charge on any atom is -0.256 e. The van der Waals surface area contributed by atoms with Gasteiger partial charge < -0.3 is 0 Å². The lowest BCUT2D eigenvalue weighted by atomic mass is 9.97. The molecule has 2 rings (SSSR count). The third-order valence-corrected chi connectivity index (χ3v) is 3.16. The SMILES string of the molecule is CCc1cc(-c2ccccc2)ncc1CC(C)C. The fraction of sp³-hybridized carbons (Fsp3) is 0.353. The van der Waals surface area contributed by atoms with Crippen LogP contribution in [0.15, 0.2) is 42.6 Å². The summed E-state index contributed by atoms with van der Waals surface area (Å²) >= 11 is 0. The van der Waals surface area contributed by atoms with Gasteiger partial charge in [0.1, 0.15) is 0 Å². The number of pyridine rings is 1. The van der Waals surface area contributed by atoms with Gasteiger partial charge in [-0.3, -0.25) is 4.98 Å². The maximum absolute atomic E-state index is 4.61. The molecular formula is C17H21N. The molecule has 0 saturated carbocycles. The third-order valence-electron chi connectivity index (χ3n) is 3.16. The van der Waals surface area contributed by atoms with E-state index in [9.17, 15) is 0 Å². The number of hydrogen-bond acceptors (Lipinski definition) is 1. The summed E-state index contributed by atoms with van der Waals surface area (Å²) in [6, 6.07) is 12.6. The molecule has 0 radical (unpaired) electrons. The molecule has 1 aromatic carbocycles. The molecule has 0 fully saturated rings. The summed E-state index contributed by atoms with van der Waals surface area (Å²) in [6.07, 6.45) is 4.25. The van der Waals surface area contributed by atoms with Gasteiger partial charge >= 0.3 is 0 Å². The van der Waals surface area contributed by atoms with Gasteiger partial charge in [0.15, 0.2) is 0 Å². The molecule has 1 aromatic heterocycles. The fourth-order valence-corrected chi connectivity index (χ4v) is 2.24. The smallest absolute Gasteiger partial charge is 0.0704 e. The molecule has 1 nitrogen and oxygen atoms in total. The molecule has 0 aliphatic carbocycles. The van der Waals surface area contributed by atoms with Crippen molar-refractivity contribution in [3.8, 4) is 11.3 Å². The molecule has 0 bridgehead atoms. The van der Waals surface area contributed by atoms with Crippen molar-refractivity contribution in [1.82, 2.24) is 4.98 Å². The number of aromatic nitrogens is 1. The van der Waals surface area contributed by atoms with Crippen LogP contribution in [0.2, 0.25) is 0 Å². The van der Waals surface area contributed by atoms with E-state index < -0.39 is 0 Å². The van der Waals surface area contributed by atoms with Crippen LogP contribution in [0.25, 0.3) is 11.3 Å². The van der Waals surface area contributed by atoms with Crippen LogP contribution < -0.4 is 0 Å². The molecule has 0 saturated heterocycles. The Balaban J connectivity index is 2.36. The molecule has 0 amide bonds. The maximum Gasteiger partial charge on any atom is 0.0704 e. The van der Waals surface area contributed by atoms with E-state index >= 15 is 0 Å². The van der Waals surface area contributed by atoms with Gasteiger partial charge in [-0.25, -0.2) is 0 Å². The first kappa shape index (κ1) is 12.8. The predicted molar refractivity (Wildman–Crippen MR) is 77.6 cm³/mol. The zero-order valence-corrected chi connectivity index (χ0v) is 11.5. The highest BCUT2D eigenvalue weighted by molar-refractivity contribution is 5.60. The fourth-order valence-electron chi connectivity index (χ4n) is 2.24. The Bertz CT molecular complexity index is 500. The van der Waals surface area contributed by atoms with Crippen LogP contribution in [0.3, 0.4) is 0 Å². The molecule has 1 heteroatoms. The second-order valence-corrected chi connectivity index (χ2v) is 5.16. The van der Waals surface area contributed by atoms with E-state index in [4.69, 9.17) is 0 Å². The molecule has 2 aromatic rings. The van der Waals surface area contributed by atoms with Crippen LogP contribution in [0.4, 0.5) is 0 Å². The van der Waals surface area contributed by atoms with E-state index in [1.807, 2.05) is 6.07 Å². The molecule has 0 atom stereocenters.